The van der Waals surface area contributed by atoms with Crippen molar-refractivity contribution in [2.45, 2.75) is 49.8 Å². The number of nitrogens with zero attached hydrogens (tertiary/aromatic N) is 1. The molecule has 114 valence electrons. The molecule has 1 atom stereocenters. The first-order valence-corrected chi connectivity index (χ1v) is 8.70. The lowest BCUT2D eigenvalue weighted by atomic mass is 9.95. The molecule has 1 saturated heterocycles. The minimum Gasteiger partial charge on any atom is -0.481 e. The van der Waals surface area contributed by atoms with Crippen LogP contribution in [0.3, 0.4) is 0 Å². The maximum atomic E-state index is 12.2. The van der Waals surface area contributed by atoms with Gasteiger partial charge in [-0.1, -0.05) is 0 Å². The molecule has 0 aromatic heterocycles. The number of amides is 2. The molecular weight excluding hydrogens is 276 g/mol. The third-order valence-corrected chi connectivity index (χ3v) is 5.53. The highest BCUT2D eigenvalue weighted by Gasteiger charge is 2.29. The fourth-order valence-electron chi connectivity index (χ4n) is 3.07. The maximum Gasteiger partial charge on any atom is 0.317 e. The minimum absolute atomic E-state index is 0.0800. The number of piperidine rings is 1. The highest BCUT2D eigenvalue weighted by Crippen LogP contribution is 2.27. The second-order valence-corrected chi connectivity index (χ2v) is 6.92. The molecule has 1 aliphatic heterocycles. The number of aliphatic carboxylic acids is 1. The Morgan fingerprint density at radius 3 is 2.50 bits per heavy atom. The number of urea groups is 1. The highest BCUT2D eigenvalue weighted by molar-refractivity contribution is 7.99. The van der Waals surface area contributed by atoms with Crippen LogP contribution in [-0.2, 0) is 4.79 Å². The van der Waals surface area contributed by atoms with Crippen molar-refractivity contribution < 1.29 is 14.7 Å². The van der Waals surface area contributed by atoms with Crippen molar-refractivity contribution in [3.8, 4) is 0 Å². The lowest BCUT2D eigenvalue weighted by Crippen LogP contribution is -2.50. The van der Waals surface area contributed by atoms with Gasteiger partial charge in [0, 0.05) is 24.4 Å². The molecule has 1 saturated carbocycles. The number of rotatable bonds is 3. The van der Waals surface area contributed by atoms with E-state index in [9.17, 15) is 9.59 Å². The quantitative estimate of drug-likeness (QED) is 0.838. The van der Waals surface area contributed by atoms with Crippen molar-refractivity contribution in [2.24, 2.45) is 5.92 Å². The number of hydrogen-bond donors (Lipinski definition) is 2. The summed E-state index contributed by atoms with van der Waals surface area (Å²) >= 11 is 1.91. The van der Waals surface area contributed by atoms with Crippen LogP contribution in [0.1, 0.15) is 38.5 Å². The summed E-state index contributed by atoms with van der Waals surface area (Å²) in [6.07, 6.45) is 7.99. The van der Waals surface area contributed by atoms with Crippen molar-refractivity contribution in [3.05, 3.63) is 0 Å². The summed E-state index contributed by atoms with van der Waals surface area (Å²) < 4.78 is 0. The molecule has 6 heteroatoms. The number of likely N-dealkylation sites (tertiary alicyclic amines) is 1. The summed E-state index contributed by atoms with van der Waals surface area (Å²) in [4.78, 5) is 24.9. The van der Waals surface area contributed by atoms with Gasteiger partial charge in [0.05, 0.1) is 5.92 Å². The number of nitrogens with one attached hydrogen (secondary N) is 1. The van der Waals surface area contributed by atoms with E-state index in [0.717, 1.165) is 37.4 Å². The van der Waals surface area contributed by atoms with Crippen LogP contribution in [0, 0.1) is 5.92 Å². The van der Waals surface area contributed by atoms with Crippen molar-refractivity contribution >= 4 is 23.8 Å². The molecule has 5 nitrogen and oxygen atoms in total. The van der Waals surface area contributed by atoms with Crippen molar-refractivity contribution in [1.29, 1.82) is 0 Å². The number of thioether (sulfide) groups is 1. The Morgan fingerprint density at radius 2 is 1.90 bits per heavy atom. The zero-order valence-electron chi connectivity index (χ0n) is 12.0. The number of carbonyl (C=O) groups is 2. The lowest BCUT2D eigenvalue weighted by molar-refractivity contribution is -0.143. The number of carbonyl (C=O) groups excluding carboxylic acids is 1. The third-order valence-electron chi connectivity index (χ3n) is 4.39. The Balaban J connectivity index is 1.78. The normalized spacial score (nSPS) is 30.9. The average Bonchev–Trinajstić information content (AvgIpc) is 2.48. The fraction of sp³-hybridized carbons (Fsp3) is 0.857. The van der Waals surface area contributed by atoms with Gasteiger partial charge in [0.25, 0.3) is 0 Å². The molecule has 2 rings (SSSR count). The van der Waals surface area contributed by atoms with Crippen molar-refractivity contribution in [2.75, 3.05) is 19.3 Å². The van der Waals surface area contributed by atoms with E-state index in [4.69, 9.17) is 5.11 Å². The highest BCUT2D eigenvalue weighted by atomic mass is 32.2. The molecule has 0 bridgehead atoms. The number of carboxylic acids is 1. The maximum absolute atomic E-state index is 12.2. The Labute approximate surface area is 124 Å². The molecule has 2 aliphatic rings. The van der Waals surface area contributed by atoms with E-state index in [1.54, 1.807) is 4.90 Å². The number of carboxylic acid groups (broad SMARTS) is 1. The van der Waals surface area contributed by atoms with Gasteiger partial charge in [0.15, 0.2) is 0 Å². The van der Waals surface area contributed by atoms with Gasteiger partial charge < -0.3 is 15.3 Å². The largest absolute Gasteiger partial charge is 0.481 e. The molecule has 1 aliphatic carbocycles. The summed E-state index contributed by atoms with van der Waals surface area (Å²) in [5.41, 5.74) is 0. The Hall–Kier alpha value is -0.910. The summed E-state index contributed by atoms with van der Waals surface area (Å²) in [5.74, 6) is -1.19. The first-order chi connectivity index (χ1) is 9.60. The molecule has 2 N–H and O–H groups in total. The van der Waals surface area contributed by atoms with Crippen LogP contribution < -0.4 is 5.32 Å². The Morgan fingerprint density at radius 1 is 1.20 bits per heavy atom. The molecule has 1 heterocycles. The van der Waals surface area contributed by atoms with Crippen molar-refractivity contribution in [1.82, 2.24) is 10.2 Å². The lowest BCUT2D eigenvalue weighted by Gasteiger charge is -2.34. The third kappa shape index (κ3) is 4.04. The van der Waals surface area contributed by atoms with Crippen LogP contribution in [-0.4, -0.2) is 52.6 Å². The zero-order valence-corrected chi connectivity index (χ0v) is 12.8. The van der Waals surface area contributed by atoms with E-state index >= 15 is 0 Å². The van der Waals surface area contributed by atoms with Gasteiger partial charge in [-0.05, 0) is 44.8 Å². The molecule has 0 aromatic carbocycles. The molecular formula is C14H24N2O3S. The number of hydrogen-bond acceptors (Lipinski definition) is 3. The van der Waals surface area contributed by atoms with E-state index in [0.29, 0.717) is 19.5 Å². The zero-order chi connectivity index (χ0) is 14.5. The van der Waals surface area contributed by atoms with Gasteiger partial charge in [-0.2, -0.15) is 11.8 Å². The van der Waals surface area contributed by atoms with E-state index < -0.39 is 11.9 Å². The van der Waals surface area contributed by atoms with Gasteiger partial charge in [-0.15, -0.1) is 0 Å². The predicted octanol–water partition coefficient (Wildman–Crippen LogP) is 2.17. The van der Waals surface area contributed by atoms with Gasteiger partial charge in [-0.25, -0.2) is 4.79 Å². The standard InChI is InChI=1S/C14H24N2O3S/c1-20-12-6-4-11(5-7-12)15-14(19)16-8-2-3-10(9-16)13(17)18/h10-12H,2-9H2,1H3,(H,15,19)(H,17,18)/t10-,11?,12?/m0/s1. The Bertz CT molecular complexity index is 356. The van der Waals surface area contributed by atoms with Gasteiger partial charge >= 0.3 is 12.0 Å². The molecule has 2 amide bonds. The first-order valence-electron chi connectivity index (χ1n) is 7.41. The van der Waals surface area contributed by atoms with Crippen LogP contribution >= 0.6 is 11.8 Å². The monoisotopic (exact) mass is 300 g/mol. The SMILES string of the molecule is CSC1CCC(NC(=O)N2CCC[C@H](C(=O)O)C2)CC1. The van der Waals surface area contributed by atoms with E-state index in [1.807, 2.05) is 11.8 Å². The Kier molecular flexibility index (Phi) is 5.57. The molecule has 0 aromatic rings. The second kappa shape index (κ2) is 7.20. The molecule has 0 unspecified atom stereocenters. The van der Waals surface area contributed by atoms with Gasteiger partial charge in [-0.3, -0.25) is 4.79 Å². The van der Waals surface area contributed by atoms with Gasteiger partial charge in [0.1, 0.15) is 0 Å². The average molecular weight is 300 g/mol. The summed E-state index contributed by atoms with van der Waals surface area (Å²) in [7, 11) is 0. The van der Waals surface area contributed by atoms with E-state index in [2.05, 4.69) is 11.6 Å². The van der Waals surface area contributed by atoms with E-state index in [1.165, 1.54) is 0 Å². The molecule has 0 radical (unpaired) electrons. The minimum atomic E-state index is -0.789. The first kappa shape index (κ1) is 15.5. The smallest absolute Gasteiger partial charge is 0.317 e. The summed E-state index contributed by atoms with van der Waals surface area (Å²) in [6, 6.07) is 0.180. The van der Waals surface area contributed by atoms with E-state index in [-0.39, 0.29) is 12.1 Å². The van der Waals surface area contributed by atoms with Crippen LogP contribution in [0.4, 0.5) is 4.79 Å². The molecule has 0 spiro atoms. The van der Waals surface area contributed by atoms with Crippen LogP contribution in [0.25, 0.3) is 0 Å². The predicted molar refractivity (Wildman–Crippen MR) is 80.0 cm³/mol. The molecule has 20 heavy (non-hydrogen) atoms. The topological polar surface area (TPSA) is 69.6 Å². The van der Waals surface area contributed by atoms with Gasteiger partial charge in [0.2, 0.25) is 0 Å². The van der Waals surface area contributed by atoms with Crippen molar-refractivity contribution in [3.63, 3.8) is 0 Å². The van der Waals surface area contributed by atoms with Crippen LogP contribution in [0.5, 0.6) is 0 Å². The second-order valence-electron chi connectivity index (χ2n) is 5.78. The fourth-order valence-corrected chi connectivity index (χ4v) is 3.82. The summed E-state index contributed by atoms with van der Waals surface area (Å²) in [6.45, 7) is 1.02. The van der Waals surface area contributed by atoms with Crippen LogP contribution in [0.15, 0.2) is 0 Å². The molecule has 2 fully saturated rings. The van der Waals surface area contributed by atoms with Crippen LogP contribution in [0.2, 0.25) is 0 Å². The summed E-state index contributed by atoms with van der Waals surface area (Å²) in [5, 5.41) is 12.9.